The SMILES string of the molecule is O=C(N=Nc1c(O)[nH]c2ccc(F)cc12)c1cc(-c2ccncc2)nc2ccccc12. The van der Waals surface area contributed by atoms with Crippen LogP contribution in [0.2, 0.25) is 0 Å². The van der Waals surface area contributed by atoms with Crippen LogP contribution in [-0.4, -0.2) is 26.0 Å². The van der Waals surface area contributed by atoms with Crippen molar-refractivity contribution in [3.63, 3.8) is 0 Å². The predicted molar refractivity (Wildman–Crippen MR) is 114 cm³/mol. The molecule has 0 unspecified atom stereocenters. The minimum Gasteiger partial charge on any atom is -0.493 e. The van der Waals surface area contributed by atoms with Gasteiger partial charge < -0.3 is 10.1 Å². The molecule has 0 aliphatic carbocycles. The van der Waals surface area contributed by atoms with Crippen LogP contribution < -0.4 is 0 Å². The summed E-state index contributed by atoms with van der Waals surface area (Å²) in [6, 6.07) is 16.4. The number of fused-ring (bicyclic) bond motifs is 2. The average Bonchev–Trinajstić information content (AvgIpc) is 3.11. The van der Waals surface area contributed by atoms with Crippen LogP contribution in [0.15, 0.2) is 83.3 Å². The summed E-state index contributed by atoms with van der Waals surface area (Å²) in [5.74, 6) is -1.40. The van der Waals surface area contributed by atoms with E-state index in [1.54, 1.807) is 42.7 Å². The van der Waals surface area contributed by atoms with Gasteiger partial charge in [-0.05, 0) is 42.5 Å². The molecule has 0 saturated heterocycles. The highest BCUT2D eigenvalue weighted by atomic mass is 19.1. The standard InChI is InChI=1S/C23H14FN5O2/c24-14-5-6-19-17(11-14)21(23(31)27-19)28-29-22(30)16-12-20(13-7-9-25-10-8-13)26-18-4-2-1-3-15(16)18/h1-12,27,31H. The molecule has 0 saturated carbocycles. The van der Waals surface area contributed by atoms with Gasteiger partial charge in [-0.3, -0.25) is 9.78 Å². The molecule has 7 nitrogen and oxygen atoms in total. The first-order valence-corrected chi connectivity index (χ1v) is 9.36. The molecule has 0 aliphatic heterocycles. The number of hydrogen-bond acceptors (Lipinski definition) is 5. The second-order valence-corrected chi connectivity index (χ2v) is 6.83. The Morgan fingerprint density at radius 2 is 1.81 bits per heavy atom. The van der Waals surface area contributed by atoms with Gasteiger partial charge in [0.25, 0.3) is 5.91 Å². The smallest absolute Gasteiger partial charge is 0.296 e. The molecule has 2 N–H and O–H groups in total. The van der Waals surface area contributed by atoms with Crippen molar-refractivity contribution < 1.29 is 14.3 Å². The summed E-state index contributed by atoms with van der Waals surface area (Å²) in [7, 11) is 0. The maximum atomic E-state index is 13.6. The number of rotatable bonds is 3. The van der Waals surface area contributed by atoms with Gasteiger partial charge in [-0.2, -0.15) is 0 Å². The first-order chi connectivity index (χ1) is 15.1. The van der Waals surface area contributed by atoms with E-state index in [4.69, 9.17) is 0 Å². The third-order valence-electron chi connectivity index (χ3n) is 4.88. The van der Waals surface area contributed by atoms with E-state index in [0.717, 1.165) is 5.56 Å². The van der Waals surface area contributed by atoms with Gasteiger partial charge in [0.05, 0.1) is 22.3 Å². The predicted octanol–water partition coefficient (Wildman–Crippen LogP) is 5.55. The number of amides is 1. The van der Waals surface area contributed by atoms with E-state index in [2.05, 4.69) is 25.2 Å². The number of azo groups is 1. The van der Waals surface area contributed by atoms with Crippen LogP contribution in [0.3, 0.4) is 0 Å². The molecule has 31 heavy (non-hydrogen) atoms. The molecule has 0 bridgehead atoms. The Kier molecular flexibility index (Phi) is 4.44. The summed E-state index contributed by atoms with van der Waals surface area (Å²) < 4.78 is 13.6. The number of aromatic nitrogens is 3. The zero-order valence-electron chi connectivity index (χ0n) is 16.0. The molecule has 0 radical (unpaired) electrons. The number of aromatic hydroxyl groups is 1. The van der Waals surface area contributed by atoms with Crippen molar-refractivity contribution in [2.24, 2.45) is 10.2 Å². The largest absolute Gasteiger partial charge is 0.493 e. The molecular formula is C23H14FN5O2. The van der Waals surface area contributed by atoms with Crippen LogP contribution in [0.25, 0.3) is 33.1 Å². The van der Waals surface area contributed by atoms with Crippen LogP contribution in [0.4, 0.5) is 10.1 Å². The average molecular weight is 411 g/mol. The Morgan fingerprint density at radius 1 is 1.00 bits per heavy atom. The van der Waals surface area contributed by atoms with Crippen molar-refractivity contribution in [2.45, 2.75) is 0 Å². The summed E-state index contributed by atoms with van der Waals surface area (Å²) in [6.07, 6.45) is 3.29. The summed E-state index contributed by atoms with van der Waals surface area (Å²) in [6.45, 7) is 0. The third-order valence-corrected chi connectivity index (χ3v) is 4.88. The molecule has 0 spiro atoms. The van der Waals surface area contributed by atoms with Crippen LogP contribution in [0.1, 0.15) is 10.4 Å². The molecule has 8 heteroatoms. The van der Waals surface area contributed by atoms with E-state index in [1.165, 1.54) is 18.2 Å². The van der Waals surface area contributed by atoms with E-state index in [9.17, 15) is 14.3 Å². The summed E-state index contributed by atoms with van der Waals surface area (Å²) >= 11 is 0. The molecular weight excluding hydrogens is 397 g/mol. The fourth-order valence-corrected chi connectivity index (χ4v) is 3.41. The van der Waals surface area contributed by atoms with Gasteiger partial charge in [0.2, 0.25) is 5.88 Å². The van der Waals surface area contributed by atoms with E-state index in [0.29, 0.717) is 33.1 Å². The Labute approximate surface area is 174 Å². The Bertz CT molecular complexity index is 1480. The number of benzene rings is 2. The lowest BCUT2D eigenvalue weighted by molar-refractivity contribution is 0.0996. The number of carbonyl (C=O) groups is 1. The first kappa shape index (κ1) is 18.6. The number of nitrogens with one attached hydrogen (secondary N) is 1. The summed E-state index contributed by atoms with van der Waals surface area (Å²) in [4.78, 5) is 24.3. The fraction of sp³-hybridized carbons (Fsp3) is 0. The highest BCUT2D eigenvalue weighted by molar-refractivity contribution is 6.07. The van der Waals surface area contributed by atoms with Gasteiger partial charge in [-0.15, -0.1) is 10.2 Å². The number of hydrogen-bond donors (Lipinski definition) is 2. The summed E-state index contributed by atoms with van der Waals surface area (Å²) in [5, 5.41) is 18.8. The highest BCUT2D eigenvalue weighted by Gasteiger charge is 2.16. The topological polar surface area (TPSA) is 104 Å². The molecule has 5 aromatic rings. The molecule has 2 aromatic carbocycles. The lowest BCUT2D eigenvalue weighted by atomic mass is 10.0. The Hall–Kier alpha value is -4.46. The number of halogens is 1. The minimum absolute atomic E-state index is 0.00410. The Balaban J connectivity index is 1.60. The number of nitrogens with zero attached hydrogens (tertiary/aromatic N) is 4. The van der Waals surface area contributed by atoms with Crippen molar-refractivity contribution in [3.8, 4) is 17.1 Å². The van der Waals surface area contributed by atoms with Crippen molar-refractivity contribution in [1.29, 1.82) is 0 Å². The third kappa shape index (κ3) is 3.40. The first-order valence-electron chi connectivity index (χ1n) is 9.36. The maximum Gasteiger partial charge on any atom is 0.296 e. The van der Waals surface area contributed by atoms with Crippen LogP contribution in [0.5, 0.6) is 5.88 Å². The number of para-hydroxylation sites is 1. The summed E-state index contributed by atoms with van der Waals surface area (Å²) in [5.41, 5.74) is 2.82. The van der Waals surface area contributed by atoms with Crippen LogP contribution >= 0.6 is 0 Å². The molecule has 3 aromatic heterocycles. The van der Waals surface area contributed by atoms with Crippen molar-refractivity contribution in [1.82, 2.24) is 15.0 Å². The zero-order chi connectivity index (χ0) is 21.4. The monoisotopic (exact) mass is 411 g/mol. The molecule has 3 heterocycles. The highest BCUT2D eigenvalue weighted by Crippen LogP contribution is 2.36. The van der Waals surface area contributed by atoms with E-state index in [1.807, 2.05) is 12.1 Å². The van der Waals surface area contributed by atoms with Crippen LogP contribution in [0, 0.1) is 5.82 Å². The minimum atomic E-state index is -0.612. The number of carbonyl (C=O) groups excluding carboxylic acids is 1. The van der Waals surface area contributed by atoms with Crippen molar-refractivity contribution >= 4 is 33.4 Å². The molecule has 1 amide bonds. The second kappa shape index (κ2) is 7.42. The normalized spacial score (nSPS) is 11.5. The van der Waals surface area contributed by atoms with E-state index >= 15 is 0 Å². The number of aromatic amines is 1. The van der Waals surface area contributed by atoms with Gasteiger partial charge in [-0.25, -0.2) is 9.37 Å². The molecule has 0 fully saturated rings. The van der Waals surface area contributed by atoms with Gasteiger partial charge >= 0.3 is 0 Å². The number of H-pyrrole nitrogens is 1. The fourth-order valence-electron chi connectivity index (χ4n) is 3.41. The quantitative estimate of drug-likeness (QED) is 0.380. The van der Waals surface area contributed by atoms with Gasteiger partial charge in [0.15, 0.2) is 5.69 Å². The van der Waals surface area contributed by atoms with E-state index in [-0.39, 0.29) is 11.6 Å². The molecule has 5 rings (SSSR count). The zero-order valence-corrected chi connectivity index (χ0v) is 16.0. The van der Waals surface area contributed by atoms with Crippen molar-refractivity contribution in [2.75, 3.05) is 0 Å². The maximum absolute atomic E-state index is 13.6. The molecule has 0 atom stereocenters. The second-order valence-electron chi connectivity index (χ2n) is 6.83. The van der Waals surface area contributed by atoms with Gasteiger partial charge in [0.1, 0.15) is 5.82 Å². The molecule has 150 valence electrons. The van der Waals surface area contributed by atoms with Gasteiger partial charge in [-0.1, -0.05) is 18.2 Å². The van der Waals surface area contributed by atoms with Crippen molar-refractivity contribution in [3.05, 3.63) is 84.4 Å². The number of pyridine rings is 2. The molecule has 0 aliphatic rings. The lowest BCUT2D eigenvalue weighted by Gasteiger charge is -2.07. The van der Waals surface area contributed by atoms with Crippen LogP contribution in [-0.2, 0) is 0 Å². The van der Waals surface area contributed by atoms with E-state index < -0.39 is 11.7 Å². The lowest BCUT2D eigenvalue weighted by Crippen LogP contribution is -1.99. The van der Waals surface area contributed by atoms with Gasteiger partial charge in [0, 0.05) is 28.7 Å². The Morgan fingerprint density at radius 3 is 2.65 bits per heavy atom.